The Morgan fingerprint density at radius 3 is 2.28 bits per heavy atom. The van der Waals surface area contributed by atoms with Crippen molar-refractivity contribution in [3.8, 4) is 5.75 Å². The van der Waals surface area contributed by atoms with Crippen molar-refractivity contribution in [2.45, 2.75) is 26.4 Å². The molecule has 0 aliphatic carbocycles. The smallest absolute Gasteiger partial charge is 0.387 e. The molecule has 0 bridgehead atoms. The number of carbonyl (C=O) groups excluding carboxylic acids is 3. The van der Waals surface area contributed by atoms with Gasteiger partial charge < -0.3 is 24.3 Å². The second-order valence-electron chi connectivity index (χ2n) is 6.38. The van der Waals surface area contributed by atoms with Crippen LogP contribution in [0.5, 0.6) is 5.75 Å². The first-order chi connectivity index (χ1) is 15.2. The number of alkyl halides is 3. The van der Waals surface area contributed by atoms with Gasteiger partial charge in [-0.25, -0.2) is 14.0 Å². The predicted molar refractivity (Wildman–Crippen MR) is 104 cm³/mol. The van der Waals surface area contributed by atoms with Crippen LogP contribution >= 0.6 is 0 Å². The third kappa shape index (κ3) is 5.59. The highest BCUT2D eigenvalue weighted by molar-refractivity contribution is 6.00. The maximum Gasteiger partial charge on any atom is 0.387 e. The fraction of sp³-hybridized carbons (Fsp3) is 0.381. The van der Waals surface area contributed by atoms with Crippen molar-refractivity contribution in [1.82, 2.24) is 5.32 Å². The zero-order chi connectivity index (χ0) is 23.8. The van der Waals surface area contributed by atoms with Gasteiger partial charge in [-0.05, 0) is 13.0 Å². The molecule has 8 nitrogen and oxygen atoms in total. The van der Waals surface area contributed by atoms with Gasteiger partial charge in [-0.15, -0.1) is 0 Å². The minimum atomic E-state index is -3.21. The van der Waals surface area contributed by atoms with E-state index in [2.05, 4.69) is 10.1 Å². The van der Waals surface area contributed by atoms with Crippen LogP contribution in [0.1, 0.15) is 25.3 Å². The molecule has 1 aliphatic heterocycles. The van der Waals surface area contributed by atoms with Crippen LogP contribution in [0.3, 0.4) is 0 Å². The molecule has 0 saturated heterocycles. The number of halogens is 3. The molecule has 1 unspecified atom stereocenters. The van der Waals surface area contributed by atoms with Crippen LogP contribution in [0.2, 0.25) is 0 Å². The number of hydrogen-bond donors (Lipinski definition) is 1. The van der Waals surface area contributed by atoms with Gasteiger partial charge in [-0.2, -0.15) is 8.78 Å². The van der Waals surface area contributed by atoms with Crippen molar-refractivity contribution in [2.24, 2.45) is 0 Å². The highest BCUT2D eigenvalue weighted by Crippen LogP contribution is 2.43. The van der Waals surface area contributed by atoms with E-state index in [9.17, 15) is 27.6 Å². The Morgan fingerprint density at radius 2 is 1.72 bits per heavy atom. The number of allylic oxidation sites excluding steroid dienone is 1. The lowest BCUT2D eigenvalue weighted by atomic mass is 9.79. The summed E-state index contributed by atoms with van der Waals surface area (Å²) in [5.41, 5.74) is -0.977. The van der Waals surface area contributed by atoms with Crippen LogP contribution in [0.25, 0.3) is 0 Å². The molecule has 1 N–H and O–H groups in total. The summed E-state index contributed by atoms with van der Waals surface area (Å²) in [5, 5.41) is 2.59. The van der Waals surface area contributed by atoms with E-state index in [1.807, 2.05) is 0 Å². The summed E-state index contributed by atoms with van der Waals surface area (Å²) < 4.78 is 59.4. The van der Waals surface area contributed by atoms with E-state index < -0.39 is 43.7 Å². The zero-order valence-electron chi connectivity index (χ0n) is 17.6. The summed E-state index contributed by atoms with van der Waals surface area (Å²) in [4.78, 5) is 36.9. The molecule has 2 rings (SSSR count). The molecule has 0 spiro atoms. The number of ether oxygens (including phenoxy) is 4. The van der Waals surface area contributed by atoms with Gasteiger partial charge in [0.1, 0.15) is 19.0 Å². The Morgan fingerprint density at radius 1 is 1.06 bits per heavy atom. The quantitative estimate of drug-likeness (QED) is 0.446. The molecule has 1 heterocycles. The Balaban J connectivity index is 2.82. The van der Waals surface area contributed by atoms with Crippen molar-refractivity contribution in [3.63, 3.8) is 0 Å². The molecule has 0 saturated carbocycles. The first-order valence-electron chi connectivity index (χ1n) is 9.46. The van der Waals surface area contributed by atoms with Crippen molar-refractivity contribution >= 4 is 17.9 Å². The number of para-hydroxylation sites is 1. The molecule has 0 radical (unpaired) electrons. The van der Waals surface area contributed by atoms with E-state index in [0.717, 1.165) is 14.0 Å². The van der Waals surface area contributed by atoms with Crippen molar-refractivity contribution < 1.29 is 46.5 Å². The normalized spacial score (nSPS) is 15.9. The molecule has 174 valence electrons. The van der Waals surface area contributed by atoms with Crippen LogP contribution in [-0.2, 0) is 28.6 Å². The number of hydrogen-bond acceptors (Lipinski definition) is 8. The van der Waals surface area contributed by atoms with Gasteiger partial charge in [0.2, 0.25) is 0 Å². The van der Waals surface area contributed by atoms with Gasteiger partial charge >= 0.3 is 24.5 Å². The van der Waals surface area contributed by atoms with Gasteiger partial charge in [0.15, 0.2) is 0 Å². The summed E-state index contributed by atoms with van der Waals surface area (Å²) in [5.74, 6) is -4.38. The van der Waals surface area contributed by atoms with Crippen LogP contribution in [-0.4, -0.2) is 51.5 Å². The van der Waals surface area contributed by atoms with Crippen molar-refractivity contribution in [1.29, 1.82) is 0 Å². The largest absolute Gasteiger partial charge is 0.466 e. The molecule has 11 heteroatoms. The Kier molecular flexibility index (Phi) is 8.68. The van der Waals surface area contributed by atoms with E-state index >= 15 is 0 Å². The molecule has 0 fully saturated rings. The topological polar surface area (TPSA) is 100 Å². The number of nitrogens with one attached hydrogen (secondary N) is 1. The Bertz CT molecular complexity index is 943. The van der Waals surface area contributed by atoms with E-state index in [4.69, 9.17) is 14.2 Å². The predicted octanol–water partition coefficient (Wildman–Crippen LogP) is 2.75. The molecule has 0 amide bonds. The number of methoxy groups -OCH3 is 1. The van der Waals surface area contributed by atoms with Crippen LogP contribution in [0.4, 0.5) is 13.2 Å². The fourth-order valence-electron chi connectivity index (χ4n) is 3.24. The zero-order valence-corrected chi connectivity index (χ0v) is 17.6. The third-order valence-electron chi connectivity index (χ3n) is 4.43. The Hall–Kier alpha value is -3.50. The molecule has 0 aromatic heterocycles. The minimum absolute atomic E-state index is 0.0379. The number of rotatable bonds is 9. The van der Waals surface area contributed by atoms with E-state index in [-0.39, 0.29) is 40.5 Å². The van der Waals surface area contributed by atoms with Crippen LogP contribution in [0.15, 0.2) is 46.8 Å². The van der Waals surface area contributed by atoms with E-state index in [0.29, 0.717) is 0 Å². The highest BCUT2D eigenvalue weighted by Gasteiger charge is 2.41. The number of carbonyl (C=O) groups is 3. The maximum atomic E-state index is 13.9. The monoisotopic (exact) mass is 457 g/mol. The second kappa shape index (κ2) is 11.2. The number of benzene rings is 1. The molecular weight excluding hydrogens is 435 g/mol. The summed E-state index contributed by atoms with van der Waals surface area (Å²) in [7, 11) is 1.05. The summed E-state index contributed by atoms with van der Waals surface area (Å²) in [6.45, 7) is -2.29. The van der Waals surface area contributed by atoms with E-state index in [1.165, 1.54) is 31.2 Å². The van der Waals surface area contributed by atoms with Gasteiger partial charge in [-0.3, -0.25) is 4.79 Å². The first kappa shape index (κ1) is 24.8. The molecular formula is C21H22F3NO7. The fourth-order valence-corrected chi connectivity index (χ4v) is 3.24. The van der Waals surface area contributed by atoms with E-state index in [1.54, 1.807) is 0 Å². The summed E-state index contributed by atoms with van der Waals surface area (Å²) in [6.07, 6.45) is 0. The van der Waals surface area contributed by atoms with Gasteiger partial charge in [0.25, 0.3) is 0 Å². The van der Waals surface area contributed by atoms with Gasteiger partial charge in [0.05, 0.1) is 42.2 Å². The molecule has 1 aromatic rings. The lowest BCUT2D eigenvalue weighted by Gasteiger charge is -2.32. The standard InChI is InChI=1S/C21H22F3NO7/c1-4-30-20(28)18-14(10-31-11(2)26)25-13(9-22)17(19(27)29-3)16(18)12-7-5-6-8-15(12)32-21(23)24/h5-8,16,21,25H,4,9-10H2,1-3H3. The summed E-state index contributed by atoms with van der Waals surface area (Å²) in [6, 6.07) is 5.43. The minimum Gasteiger partial charge on any atom is -0.466 e. The molecule has 1 atom stereocenters. The average Bonchev–Trinajstić information content (AvgIpc) is 2.76. The molecule has 32 heavy (non-hydrogen) atoms. The highest BCUT2D eigenvalue weighted by atomic mass is 19.3. The van der Waals surface area contributed by atoms with Crippen molar-refractivity contribution in [3.05, 3.63) is 52.4 Å². The van der Waals surface area contributed by atoms with Crippen molar-refractivity contribution in [2.75, 3.05) is 27.0 Å². The van der Waals surface area contributed by atoms with Crippen LogP contribution in [0, 0.1) is 0 Å². The van der Waals surface area contributed by atoms with Gasteiger partial charge in [0, 0.05) is 12.5 Å². The SMILES string of the molecule is CCOC(=O)C1=C(COC(C)=O)NC(CF)=C(C(=O)OC)C1c1ccccc1OC(F)F. The Labute approximate surface area is 182 Å². The van der Waals surface area contributed by atoms with Crippen LogP contribution < -0.4 is 10.1 Å². The average molecular weight is 457 g/mol. The second-order valence-corrected chi connectivity index (χ2v) is 6.38. The molecule has 1 aliphatic rings. The maximum absolute atomic E-state index is 13.9. The molecule has 1 aromatic carbocycles. The summed E-state index contributed by atoms with van der Waals surface area (Å²) >= 11 is 0. The number of esters is 3. The third-order valence-corrected chi connectivity index (χ3v) is 4.43. The first-order valence-corrected chi connectivity index (χ1v) is 9.46. The lowest BCUT2D eigenvalue weighted by molar-refractivity contribution is -0.142. The van der Waals surface area contributed by atoms with Gasteiger partial charge in [-0.1, -0.05) is 18.2 Å². The lowest BCUT2D eigenvalue weighted by Crippen LogP contribution is -2.36. The number of dihydropyridines is 1.